The summed E-state index contributed by atoms with van der Waals surface area (Å²) in [7, 11) is -9.93. The van der Waals surface area contributed by atoms with E-state index in [1.54, 1.807) is 0 Å². The molecular formula is C87H170O17P2. The summed E-state index contributed by atoms with van der Waals surface area (Å²) < 4.78 is 68.9. The summed E-state index contributed by atoms with van der Waals surface area (Å²) in [5.41, 5.74) is 0. The van der Waals surface area contributed by atoms with E-state index in [1.165, 1.54) is 283 Å². The number of aliphatic hydroxyl groups excluding tert-OH is 1. The van der Waals surface area contributed by atoms with Crippen LogP contribution in [-0.2, 0) is 65.4 Å². The van der Waals surface area contributed by atoms with Crippen molar-refractivity contribution in [1.29, 1.82) is 0 Å². The molecule has 0 heterocycles. The standard InChI is InChI=1S/C87H170O17P2/c1-7-9-11-13-15-17-19-21-23-24-25-29-33-36-40-44-51-57-63-69-84(89)97-75-82(103-86(91)72-66-60-54-46-42-38-34-30-27-26-28-32-35-39-43-49-55-61-67-79(3)4)77-101-105(93,94)99-73-81(88)74-100-106(95,96)102-78-83(76-98-85(90)70-64-58-52-48-47-50-56-62-68-80(5)6)104-87(92)71-65-59-53-45-41-37-31-22-20-18-16-14-12-10-8-2/h79-83,88H,7-78H2,1-6H3,(H,93,94)(H,95,96)/t81-,82-,83-/m1/s1. The minimum Gasteiger partial charge on any atom is -0.462 e. The number of unbranched alkanes of at least 4 members (excludes halogenated alkanes) is 56. The first-order chi connectivity index (χ1) is 51.4. The fourth-order valence-corrected chi connectivity index (χ4v) is 15.2. The lowest BCUT2D eigenvalue weighted by Crippen LogP contribution is -2.30. The minimum absolute atomic E-state index is 0.108. The second kappa shape index (κ2) is 78.3. The van der Waals surface area contributed by atoms with Crippen LogP contribution in [0.3, 0.4) is 0 Å². The number of rotatable bonds is 86. The van der Waals surface area contributed by atoms with E-state index in [1.807, 2.05) is 0 Å². The van der Waals surface area contributed by atoms with Gasteiger partial charge in [-0.05, 0) is 37.5 Å². The van der Waals surface area contributed by atoms with Crippen molar-refractivity contribution >= 4 is 39.5 Å². The number of hydrogen-bond donors (Lipinski definition) is 3. The van der Waals surface area contributed by atoms with Crippen LogP contribution in [-0.4, -0.2) is 96.7 Å². The number of phosphoric acid groups is 2. The summed E-state index contributed by atoms with van der Waals surface area (Å²) >= 11 is 0. The molecule has 0 radical (unpaired) electrons. The zero-order valence-electron chi connectivity index (χ0n) is 69.7. The van der Waals surface area contributed by atoms with Gasteiger partial charge in [-0.2, -0.15) is 0 Å². The van der Waals surface area contributed by atoms with Gasteiger partial charge in [-0.15, -0.1) is 0 Å². The summed E-state index contributed by atoms with van der Waals surface area (Å²) in [4.78, 5) is 73.3. The molecule has 0 saturated heterocycles. The largest absolute Gasteiger partial charge is 0.472 e. The van der Waals surface area contributed by atoms with E-state index in [4.69, 9.17) is 37.0 Å². The van der Waals surface area contributed by atoms with Gasteiger partial charge < -0.3 is 33.8 Å². The maximum atomic E-state index is 13.2. The number of hydrogen-bond acceptors (Lipinski definition) is 15. The Kier molecular flexibility index (Phi) is 76.9. The zero-order chi connectivity index (χ0) is 77.8. The Labute approximate surface area is 651 Å². The molecule has 5 atom stereocenters. The monoisotopic (exact) mass is 1550 g/mol. The van der Waals surface area contributed by atoms with Gasteiger partial charge in [-0.25, -0.2) is 9.13 Å². The molecule has 0 fully saturated rings. The lowest BCUT2D eigenvalue weighted by Gasteiger charge is -2.21. The van der Waals surface area contributed by atoms with Crippen LogP contribution in [0.25, 0.3) is 0 Å². The maximum absolute atomic E-state index is 13.2. The molecule has 17 nitrogen and oxygen atoms in total. The van der Waals surface area contributed by atoms with E-state index in [0.717, 1.165) is 102 Å². The van der Waals surface area contributed by atoms with Crippen LogP contribution in [0.5, 0.6) is 0 Å². The molecule has 0 amide bonds. The summed E-state index contributed by atoms with van der Waals surface area (Å²) in [6.45, 7) is 9.68. The van der Waals surface area contributed by atoms with Crippen LogP contribution in [0.2, 0.25) is 0 Å². The number of ether oxygens (including phenoxy) is 4. The molecule has 0 spiro atoms. The third-order valence-corrected chi connectivity index (χ3v) is 22.4. The van der Waals surface area contributed by atoms with Crippen LogP contribution in [0, 0.1) is 11.8 Å². The van der Waals surface area contributed by atoms with E-state index in [2.05, 4.69) is 41.5 Å². The molecule has 630 valence electrons. The Morgan fingerprint density at radius 1 is 0.255 bits per heavy atom. The van der Waals surface area contributed by atoms with Gasteiger partial charge in [0.15, 0.2) is 12.2 Å². The molecule has 3 N–H and O–H groups in total. The second-order valence-corrected chi connectivity index (χ2v) is 35.1. The SMILES string of the molecule is CCCCCCCCCCCCCCCCCCCCCC(=O)OC[C@H](COP(=O)(O)OC[C@@H](O)COP(=O)(O)OC[C@@H](COC(=O)CCCCCCCCCCC(C)C)OC(=O)CCCCCCCCCCCCCCCCC)OC(=O)CCCCCCCCCCCCCCCCCCCCC(C)C. The Morgan fingerprint density at radius 3 is 0.642 bits per heavy atom. The van der Waals surface area contributed by atoms with Crippen molar-refractivity contribution < 1.29 is 80.2 Å². The molecule has 0 bridgehead atoms. The molecule has 0 saturated carbocycles. The average Bonchev–Trinajstić information content (AvgIpc) is 0.904. The van der Waals surface area contributed by atoms with Crippen molar-refractivity contribution in [3.8, 4) is 0 Å². The molecule has 0 aliphatic carbocycles. The highest BCUT2D eigenvalue weighted by atomic mass is 31.2. The van der Waals surface area contributed by atoms with Gasteiger partial charge in [0.1, 0.15) is 19.3 Å². The highest BCUT2D eigenvalue weighted by molar-refractivity contribution is 7.47. The molecule has 0 aromatic rings. The molecule has 2 unspecified atom stereocenters. The topological polar surface area (TPSA) is 237 Å². The molecule has 106 heavy (non-hydrogen) atoms. The molecule has 0 rings (SSSR count). The molecular weight excluding hydrogens is 1380 g/mol. The highest BCUT2D eigenvalue weighted by Gasteiger charge is 2.30. The van der Waals surface area contributed by atoms with E-state index in [0.29, 0.717) is 25.7 Å². The first-order valence-electron chi connectivity index (χ1n) is 45.0. The van der Waals surface area contributed by atoms with Gasteiger partial charge in [0, 0.05) is 25.7 Å². The van der Waals surface area contributed by atoms with E-state index in [9.17, 15) is 43.2 Å². The average molecular weight is 1550 g/mol. The number of phosphoric ester groups is 2. The lowest BCUT2D eigenvalue weighted by atomic mass is 10.0. The van der Waals surface area contributed by atoms with E-state index in [-0.39, 0.29) is 25.7 Å². The van der Waals surface area contributed by atoms with Gasteiger partial charge in [0.2, 0.25) is 0 Å². The predicted octanol–water partition coefficient (Wildman–Crippen LogP) is 26.6. The Morgan fingerprint density at radius 2 is 0.434 bits per heavy atom. The normalized spacial score (nSPS) is 13.8. The van der Waals surface area contributed by atoms with Crippen molar-refractivity contribution in [3.05, 3.63) is 0 Å². The Bertz CT molecular complexity index is 2030. The number of esters is 4. The van der Waals surface area contributed by atoms with Gasteiger partial charge in [-0.1, -0.05) is 414 Å². The van der Waals surface area contributed by atoms with Crippen LogP contribution >= 0.6 is 15.6 Å². The third-order valence-electron chi connectivity index (χ3n) is 20.5. The first-order valence-corrected chi connectivity index (χ1v) is 48.0. The van der Waals surface area contributed by atoms with Gasteiger partial charge >= 0.3 is 39.5 Å². The van der Waals surface area contributed by atoms with Crippen LogP contribution < -0.4 is 0 Å². The van der Waals surface area contributed by atoms with Crippen molar-refractivity contribution in [1.82, 2.24) is 0 Å². The third kappa shape index (κ3) is 80.1. The molecule has 0 aliphatic heterocycles. The Hall–Kier alpha value is -1.94. The number of carbonyl (C=O) groups excluding carboxylic acids is 4. The molecule has 0 aliphatic rings. The fraction of sp³-hybridized carbons (Fsp3) is 0.954. The quantitative estimate of drug-likeness (QED) is 0.0222. The minimum atomic E-state index is -4.97. The molecule has 0 aromatic carbocycles. The van der Waals surface area contributed by atoms with Crippen molar-refractivity contribution in [2.75, 3.05) is 39.6 Å². The summed E-state index contributed by atoms with van der Waals surface area (Å²) in [5, 5.41) is 10.7. The number of carbonyl (C=O) groups is 4. The Balaban J connectivity index is 5.23. The highest BCUT2D eigenvalue weighted by Crippen LogP contribution is 2.45. The van der Waals surface area contributed by atoms with Crippen LogP contribution in [0.1, 0.15) is 465 Å². The van der Waals surface area contributed by atoms with Crippen molar-refractivity contribution in [2.24, 2.45) is 11.8 Å². The zero-order valence-corrected chi connectivity index (χ0v) is 71.5. The number of aliphatic hydroxyl groups is 1. The lowest BCUT2D eigenvalue weighted by molar-refractivity contribution is -0.161. The summed E-state index contributed by atoms with van der Waals surface area (Å²) in [6.07, 6.45) is 70.9. The first kappa shape index (κ1) is 104. The van der Waals surface area contributed by atoms with E-state index < -0.39 is 97.5 Å². The molecule has 0 aromatic heterocycles. The van der Waals surface area contributed by atoms with Crippen molar-refractivity contribution in [2.45, 2.75) is 484 Å². The van der Waals surface area contributed by atoms with Gasteiger partial charge in [0.05, 0.1) is 26.4 Å². The van der Waals surface area contributed by atoms with Gasteiger partial charge in [-0.3, -0.25) is 37.3 Å². The summed E-state index contributed by atoms with van der Waals surface area (Å²) in [6, 6.07) is 0. The fourth-order valence-electron chi connectivity index (χ4n) is 13.6. The maximum Gasteiger partial charge on any atom is 0.472 e. The van der Waals surface area contributed by atoms with Gasteiger partial charge in [0.25, 0.3) is 0 Å². The smallest absolute Gasteiger partial charge is 0.462 e. The second-order valence-electron chi connectivity index (χ2n) is 32.2. The predicted molar refractivity (Wildman–Crippen MR) is 437 cm³/mol. The van der Waals surface area contributed by atoms with Crippen molar-refractivity contribution in [3.63, 3.8) is 0 Å². The summed E-state index contributed by atoms with van der Waals surface area (Å²) in [5.74, 6) is -0.554. The molecule has 19 heteroatoms. The van der Waals surface area contributed by atoms with Crippen LogP contribution in [0.15, 0.2) is 0 Å². The van der Waals surface area contributed by atoms with Crippen LogP contribution in [0.4, 0.5) is 0 Å². The van der Waals surface area contributed by atoms with E-state index >= 15 is 0 Å².